The standard InChI is InChI=1S/C24H32FN3O4/c1-31-21-5-4-18(14-20(21)25)22(29)26-10-6-19(7-11-26)28-23(30)27(15-17-2-3-17)16-24(28)8-12-32-13-9-24/h4-5,14,17,19H,2-3,6-13,15-16H2,1H3. The minimum absolute atomic E-state index is 0.126. The molecule has 32 heavy (non-hydrogen) atoms. The van der Waals surface area contributed by atoms with Gasteiger partial charge < -0.3 is 24.2 Å². The Kier molecular flexibility index (Phi) is 5.73. The van der Waals surface area contributed by atoms with E-state index in [1.807, 2.05) is 0 Å². The van der Waals surface area contributed by atoms with E-state index >= 15 is 0 Å². The lowest BCUT2D eigenvalue weighted by Crippen LogP contribution is -2.57. The molecule has 8 heteroatoms. The fraction of sp³-hybridized carbons (Fsp3) is 0.667. The number of likely N-dealkylation sites (tertiary alicyclic amines) is 1. The van der Waals surface area contributed by atoms with Crippen LogP contribution in [0.5, 0.6) is 5.75 Å². The molecule has 1 aromatic carbocycles. The van der Waals surface area contributed by atoms with Crippen molar-refractivity contribution in [2.24, 2.45) is 5.92 Å². The summed E-state index contributed by atoms with van der Waals surface area (Å²) < 4.78 is 24.6. The van der Waals surface area contributed by atoms with Crippen LogP contribution in [0.3, 0.4) is 0 Å². The third-order valence-corrected chi connectivity index (χ3v) is 7.59. The van der Waals surface area contributed by atoms with Crippen molar-refractivity contribution in [2.75, 3.05) is 46.5 Å². The molecule has 4 aliphatic rings. The first kappa shape index (κ1) is 21.5. The van der Waals surface area contributed by atoms with Gasteiger partial charge in [0.2, 0.25) is 0 Å². The topological polar surface area (TPSA) is 62.3 Å². The molecule has 1 spiro atoms. The highest BCUT2D eigenvalue weighted by Crippen LogP contribution is 2.41. The van der Waals surface area contributed by atoms with E-state index in [0.717, 1.165) is 38.8 Å². The minimum Gasteiger partial charge on any atom is -0.494 e. The zero-order valence-corrected chi connectivity index (χ0v) is 18.7. The summed E-state index contributed by atoms with van der Waals surface area (Å²) >= 11 is 0. The summed E-state index contributed by atoms with van der Waals surface area (Å²) in [4.78, 5) is 32.4. The molecule has 0 atom stereocenters. The number of carbonyl (C=O) groups is 2. The van der Waals surface area contributed by atoms with Crippen molar-refractivity contribution >= 4 is 11.9 Å². The predicted octanol–water partition coefficient (Wildman–Crippen LogP) is 3.14. The second-order valence-corrected chi connectivity index (χ2v) is 9.69. The summed E-state index contributed by atoms with van der Waals surface area (Å²) in [7, 11) is 1.40. The number of urea groups is 1. The maximum absolute atomic E-state index is 14.1. The number of nitrogens with zero attached hydrogens (tertiary/aromatic N) is 3. The van der Waals surface area contributed by atoms with Gasteiger partial charge in [0.25, 0.3) is 5.91 Å². The van der Waals surface area contributed by atoms with Crippen molar-refractivity contribution in [2.45, 2.75) is 50.1 Å². The molecule has 0 radical (unpaired) electrons. The van der Waals surface area contributed by atoms with Gasteiger partial charge in [-0.1, -0.05) is 0 Å². The quantitative estimate of drug-likeness (QED) is 0.699. The predicted molar refractivity (Wildman–Crippen MR) is 116 cm³/mol. The van der Waals surface area contributed by atoms with Crippen molar-refractivity contribution in [3.05, 3.63) is 29.6 Å². The van der Waals surface area contributed by atoms with Gasteiger partial charge >= 0.3 is 6.03 Å². The van der Waals surface area contributed by atoms with Crippen LogP contribution in [0, 0.1) is 11.7 Å². The molecule has 4 fully saturated rings. The number of hydrogen-bond acceptors (Lipinski definition) is 4. The van der Waals surface area contributed by atoms with Gasteiger partial charge in [0, 0.05) is 51.0 Å². The SMILES string of the molecule is COc1ccc(C(=O)N2CCC(N3C(=O)N(CC4CC4)CC34CCOCC4)CC2)cc1F. The van der Waals surface area contributed by atoms with Crippen LogP contribution >= 0.6 is 0 Å². The van der Waals surface area contributed by atoms with Crippen LogP contribution in [-0.4, -0.2) is 84.7 Å². The largest absolute Gasteiger partial charge is 0.494 e. The Labute approximate surface area is 188 Å². The van der Waals surface area contributed by atoms with E-state index < -0.39 is 5.82 Å². The van der Waals surface area contributed by atoms with E-state index in [0.29, 0.717) is 37.8 Å². The highest BCUT2D eigenvalue weighted by atomic mass is 19.1. The first-order valence-corrected chi connectivity index (χ1v) is 11.8. The Morgan fingerprint density at radius 2 is 1.91 bits per heavy atom. The average Bonchev–Trinajstić information content (AvgIpc) is 3.59. The van der Waals surface area contributed by atoms with Gasteiger partial charge in [-0.05, 0) is 62.6 Å². The van der Waals surface area contributed by atoms with Crippen molar-refractivity contribution in [1.29, 1.82) is 0 Å². The molecule has 1 aromatic rings. The van der Waals surface area contributed by atoms with Gasteiger partial charge in [-0.3, -0.25) is 4.79 Å². The minimum atomic E-state index is -0.534. The Morgan fingerprint density at radius 1 is 1.19 bits per heavy atom. The Hall–Kier alpha value is -2.35. The summed E-state index contributed by atoms with van der Waals surface area (Å²) in [6.07, 6.45) is 5.71. The summed E-state index contributed by atoms with van der Waals surface area (Å²) in [5.74, 6) is 0.0903. The smallest absolute Gasteiger partial charge is 0.320 e. The lowest BCUT2D eigenvalue weighted by atomic mass is 9.86. The van der Waals surface area contributed by atoms with E-state index in [4.69, 9.17) is 9.47 Å². The fourth-order valence-electron chi connectivity index (χ4n) is 5.61. The highest BCUT2D eigenvalue weighted by molar-refractivity contribution is 5.94. The molecular weight excluding hydrogens is 413 g/mol. The van der Waals surface area contributed by atoms with Crippen LogP contribution in [0.2, 0.25) is 0 Å². The maximum Gasteiger partial charge on any atom is 0.320 e. The molecule has 0 aromatic heterocycles. The highest BCUT2D eigenvalue weighted by Gasteiger charge is 2.53. The van der Waals surface area contributed by atoms with Crippen molar-refractivity contribution < 1.29 is 23.5 Å². The zero-order chi connectivity index (χ0) is 22.3. The normalized spacial score (nSPS) is 23.8. The number of benzene rings is 1. The number of methoxy groups -OCH3 is 1. The third-order valence-electron chi connectivity index (χ3n) is 7.59. The number of halogens is 1. The first-order valence-electron chi connectivity index (χ1n) is 11.8. The molecule has 3 heterocycles. The average molecular weight is 446 g/mol. The second-order valence-electron chi connectivity index (χ2n) is 9.69. The van der Waals surface area contributed by atoms with E-state index in [-0.39, 0.29) is 29.3 Å². The van der Waals surface area contributed by atoms with Crippen LogP contribution in [0.25, 0.3) is 0 Å². The summed E-state index contributed by atoms with van der Waals surface area (Å²) in [5, 5.41) is 0. The second kappa shape index (κ2) is 8.54. The Bertz CT molecular complexity index is 876. The number of ether oxygens (including phenoxy) is 2. The molecule has 0 unspecified atom stereocenters. The Morgan fingerprint density at radius 3 is 2.53 bits per heavy atom. The van der Waals surface area contributed by atoms with E-state index in [2.05, 4.69) is 9.80 Å². The van der Waals surface area contributed by atoms with E-state index in [1.54, 1.807) is 11.0 Å². The molecule has 0 bridgehead atoms. The fourth-order valence-corrected chi connectivity index (χ4v) is 5.61. The number of rotatable bonds is 5. The number of amides is 3. The van der Waals surface area contributed by atoms with Gasteiger partial charge in [-0.15, -0.1) is 0 Å². The molecular formula is C24H32FN3O4. The van der Waals surface area contributed by atoms with E-state index in [9.17, 15) is 14.0 Å². The molecule has 1 saturated carbocycles. The maximum atomic E-state index is 14.1. The molecule has 3 aliphatic heterocycles. The molecule has 7 nitrogen and oxygen atoms in total. The van der Waals surface area contributed by atoms with Crippen molar-refractivity contribution in [1.82, 2.24) is 14.7 Å². The molecule has 5 rings (SSSR count). The first-order chi connectivity index (χ1) is 15.5. The molecule has 1 aliphatic carbocycles. The zero-order valence-electron chi connectivity index (χ0n) is 18.7. The van der Waals surface area contributed by atoms with Gasteiger partial charge in [0.15, 0.2) is 11.6 Å². The van der Waals surface area contributed by atoms with Gasteiger partial charge in [-0.25, -0.2) is 9.18 Å². The Balaban J connectivity index is 1.27. The molecule has 3 amide bonds. The number of piperidine rings is 1. The molecule has 174 valence electrons. The van der Waals surface area contributed by atoms with Crippen LogP contribution in [0.1, 0.15) is 48.9 Å². The van der Waals surface area contributed by atoms with Crippen LogP contribution < -0.4 is 4.74 Å². The third kappa shape index (κ3) is 3.93. The lowest BCUT2D eigenvalue weighted by Gasteiger charge is -2.46. The summed E-state index contributed by atoms with van der Waals surface area (Å²) in [6.45, 7) is 4.20. The van der Waals surface area contributed by atoms with Crippen LogP contribution in [0.4, 0.5) is 9.18 Å². The van der Waals surface area contributed by atoms with Gasteiger partial charge in [-0.2, -0.15) is 0 Å². The number of hydrogen-bond donors (Lipinski definition) is 0. The molecule has 3 saturated heterocycles. The summed E-state index contributed by atoms with van der Waals surface area (Å²) in [6, 6.07) is 4.63. The number of carbonyl (C=O) groups excluding carboxylic acids is 2. The van der Waals surface area contributed by atoms with Crippen molar-refractivity contribution in [3.8, 4) is 5.75 Å². The summed E-state index contributed by atoms with van der Waals surface area (Å²) in [5.41, 5.74) is 0.190. The van der Waals surface area contributed by atoms with Gasteiger partial charge in [0.1, 0.15) is 0 Å². The molecule has 0 N–H and O–H groups in total. The van der Waals surface area contributed by atoms with Crippen LogP contribution in [0.15, 0.2) is 18.2 Å². The monoisotopic (exact) mass is 445 g/mol. The lowest BCUT2D eigenvalue weighted by molar-refractivity contribution is -0.0153. The van der Waals surface area contributed by atoms with E-state index in [1.165, 1.54) is 32.1 Å². The van der Waals surface area contributed by atoms with Crippen LogP contribution in [-0.2, 0) is 4.74 Å². The van der Waals surface area contributed by atoms with Gasteiger partial charge in [0.05, 0.1) is 12.6 Å². The van der Waals surface area contributed by atoms with Crippen molar-refractivity contribution in [3.63, 3.8) is 0 Å².